The molecular weight excluding hydrogens is 172 g/mol. The average Bonchev–Trinajstić information content (AvgIpc) is 2.60. The summed E-state index contributed by atoms with van der Waals surface area (Å²) < 4.78 is 0. The molecule has 2 aliphatic rings. The quantitative estimate of drug-likeness (QED) is 0.461. The lowest BCUT2D eigenvalue weighted by Crippen LogP contribution is -2.33. The molecular formula is C12H22Si. The van der Waals surface area contributed by atoms with Crippen LogP contribution >= 0.6 is 0 Å². The van der Waals surface area contributed by atoms with Crippen molar-refractivity contribution in [1.82, 2.24) is 0 Å². The van der Waals surface area contributed by atoms with Crippen LogP contribution in [0.1, 0.15) is 19.8 Å². The number of allylic oxidation sites excluding steroid dienone is 2. The fourth-order valence-corrected chi connectivity index (χ4v) is 4.71. The Morgan fingerprint density at radius 3 is 2.23 bits per heavy atom. The third kappa shape index (κ3) is 1.63. The molecule has 2 aliphatic carbocycles. The van der Waals surface area contributed by atoms with Crippen molar-refractivity contribution in [3.63, 3.8) is 0 Å². The van der Waals surface area contributed by atoms with Crippen LogP contribution in [0, 0.1) is 17.8 Å². The molecule has 0 aromatic heterocycles. The molecule has 0 saturated heterocycles. The molecule has 0 heterocycles. The summed E-state index contributed by atoms with van der Waals surface area (Å²) in [5, 5.41) is 0. The second kappa shape index (κ2) is 2.98. The number of fused-ring (bicyclic) bond motifs is 2. The lowest BCUT2D eigenvalue weighted by molar-refractivity contribution is 0.425. The molecule has 0 aliphatic heterocycles. The van der Waals surface area contributed by atoms with Crippen molar-refractivity contribution in [3.05, 3.63) is 12.2 Å². The number of hydrogen-bond acceptors (Lipinski definition) is 0. The van der Waals surface area contributed by atoms with Crippen LogP contribution in [0.2, 0.25) is 25.2 Å². The Morgan fingerprint density at radius 2 is 1.85 bits per heavy atom. The predicted octanol–water partition coefficient (Wildman–Crippen LogP) is 3.93. The summed E-state index contributed by atoms with van der Waals surface area (Å²) in [6.45, 7) is 10.1. The van der Waals surface area contributed by atoms with Gasteiger partial charge in [-0.2, -0.15) is 0 Å². The molecule has 1 heteroatoms. The Balaban J connectivity index is 2.07. The molecule has 0 spiro atoms. The van der Waals surface area contributed by atoms with E-state index in [9.17, 15) is 0 Å². The monoisotopic (exact) mass is 194 g/mol. The van der Waals surface area contributed by atoms with Crippen molar-refractivity contribution in [2.75, 3.05) is 0 Å². The fourth-order valence-electron chi connectivity index (χ4n) is 3.04. The van der Waals surface area contributed by atoms with Crippen molar-refractivity contribution in [1.29, 1.82) is 0 Å². The zero-order chi connectivity index (χ0) is 9.64. The molecule has 2 rings (SSSR count). The minimum absolute atomic E-state index is 0.897. The fraction of sp³-hybridized carbons (Fsp3) is 0.833. The highest BCUT2D eigenvalue weighted by Gasteiger charge is 2.42. The number of hydrogen-bond donors (Lipinski definition) is 0. The Morgan fingerprint density at radius 1 is 1.15 bits per heavy atom. The van der Waals surface area contributed by atoms with E-state index in [1.165, 1.54) is 12.8 Å². The van der Waals surface area contributed by atoms with Crippen molar-refractivity contribution in [2.24, 2.45) is 17.8 Å². The Hall–Kier alpha value is -0.0431. The molecule has 2 bridgehead atoms. The summed E-state index contributed by atoms with van der Waals surface area (Å²) in [7, 11) is -0.897. The average molecular weight is 194 g/mol. The van der Waals surface area contributed by atoms with Crippen LogP contribution in [-0.2, 0) is 0 Å². The first-order valence-electron chi connectivity index (χ1n) is 5.67. The van der Waals surface area contributed by atoms with Gasteiger partial charge in [0, 0.05) is 8.07 Å². The van der Waals surface area contributed by atoms with E-state index in [4.69, 9.17) is 0 Å². The van der Waals surface area contributed by atoms with Gasteiger partial charge in [0.05, 0.1) is 0 Å². The van der Waals surface area contributed by atoms with Crippen LogP contribution in [0.5, 0.6) is 0 Å². The van der Waals surface area contributed by atoms with E-state index in [-0.39, 0.29) is 0 Å². The molecule has 0 radical (unpaired) electrons. The zero-order valence-corrected chi connectivity index (χ0v) is 10.4. The van der Waals surface area contributed by atoms with Gasteiger partial charge >= 0.3 is 0 Å². The summed E-state index contributed by atoms with van der Waals surface area (Å²) in [6.07, 6.45) is 7.92. The maximum absolute atomic E-state index is 2.52. The van der Waals surface area contributed by atoms with Gasteiger partial charge in [-0.15, -0.1) is 0 Å². The van der Waals surface area contributed by atoms with Crippen molar-refractivity contribution in [2.45, 2.75) is 44.9 Å². The molecule has 0 aromatic carbocycles. The Kier molecular flexibility index (Phi) is 2.18. The van der Waals surface area contributed by atoms with E-state index in [0.717, 1.165) is 23.3 Å². The van der Waals surface area contributed by atoms with Gasteiger partial charge < -0.3 is 0 Å². The van der Waals surface area contributed by atoms with Crippen LogP contribution in [-0.4, -0.2) is 8.07 Å². The van der Waals surface area contributed by atoms with Gasteiger partial charge in [-0.3, -0.25) is 0 Å². The Labute approximate surface area is 83.4 Å². The third-order valence-electron chi connectivity index (χ3n) is 4.34. The summed E-state index contributed by atoms with van der Waals surface area (Å²) in [5.74, 6) is 2.93. The van der Waals surface area contributed by atoms with E-state index in [1.54, 1.807) is 0 Å². The highest BCUT2D eigenvalue weighted by molar-refractivity contribution is 6.77. The predicted molar refractivity (Wildman–Crippen MR) is 61.6 cm³/mol. The lowest BCUT2D eigenvalue weighted by atomic mass is 9.91. The largest absolute Gasteiger partial charge is 0.0851 e. The summed E-state index contributed by atoms with van der Waals surface area (Å²) in [5.41, 5.74) is 1.01. The van der Waals surface area contributed by atoms with Crippen molar-refractivity contribution >= 4 is 8.07 Å². The molecule has 74 valence electrons. The molecule has 0 aromatic rings. The topological polar surface area (TPSA) is 0 Å². The van der Waals surface area contributed by atoms with E-state index < -0.39 is 8.07 Å². The first-order chi connectivity index (χ1) is 5.98. The standard InChI is InChI=1S/C12H22Si/c1-9(13(2,3)4)12-8-10-5-6-11(12)7-10/h5-6,9-12H,7-8H2,1-4H3. The third-order valence-corrected chi connectivity index (χ3v) is 7.50. The van der Waals surface area contributed by atoms with Crippen LogP contribution in [0.3, 0.4) is 0 Å². The highest BCUT2D eigenvalue weighted by Crippen LogP contribution is 2.50. The van der Waals surface area contributed by atoms with Gasteiger partial charge in [-0.1, -0.05) is 38.7 Å². The molecule has 0 amide bonds. The van der Waals surface area contributed by atoms with E-state index in [0.29, 0.717) is 0 Å². The highest BCUT2D eigenvalue weighted by atomic mass is 28.3. The molecule has 1 saturated carbocycles. The summed E-state index contributed by atoms with van der Waals surface area (Å²) in [6, 6.07) is 0. The van der Waals surface area contributed by atoms with Gasteiger partial charge in [0.25, 0.3) is 0 Å². The Bertz CT molecular complexity index is 224. The smallest absolute Gasteiger partial charge is 0.0474 e. The summed E-state index contributed by atoms with van der Waals surface area (Å²) in [4.78, 5) is 0. The first-order valence-corrected chi connectivity index (χ1v) is 9.24. The normalized spacial score (nSPS) is 39.8. The van der Waals surface area contributed by atoms with E-state index in [2.05, 4.69) is 38.7 Å². The molecule has 4 atom stereocenters. The van der Waals surface area contributed by atoms with Crippen LogP contribution in [0.4, 0.5) is 0 Å². The number of rotatable bonds is 2. The molecule has 0 N–H and O–H groups in total. The molecule has 0 nitrogen and oxygen atoms in total. The SMILES string of the molecule is CC(C1CC2C=CC1C2)[Si](C)(C)C. The van der Waals surface area contributed by atoms with Crippen LogP contribution in [0.15, 0.2) is 12.2 Å². The first kappa shape index (κ1) is 9.51. The van der Waals surface area contributed by atoms with E-state index >= 15 is 0 Å². The minimum atomic E-state index is -0.897. The van der Waals surface area contributed by atoms with Gasteiger partial charge in [-0.25, -0.2) is 0 Å². The van der Waals surface area contributed by atoms with Crippen molar-refractivity contribution < 1.29 is 0 Å². The van der Waals surface area contributed by atoms with Crippen molar-refractivity contribution in [3.8, 4) is 0 Å². The second-order valence-electron chi connectivity index (χ2n) is 6.10. The molecule has 13 heavy (non-hydrogen) atoms. The minimum Gasteiger partial charge on any atom is -0.0851 e. The van der Waals surface area contributed by atoms with E-state index in [1.807, 2.05) is 0 Å². The van der Waals surface area contributed by atoms with Gasteiger partial charge in [0.1, 0.15) is 0 Å². The molecule has 4 unspecified atom stereocenters. The van der Waals surface area contributed by atoms with Gasteiger partial charge in [0.15, 0.2) is 0 Å². The maximum Gasteiger partial charge on any atom is 0.0474 e. The molecule has 1 fully saturated rings. The lowest BCUT2D eigenvalue weighted by Gasteiger charge is -2.34. The zero-order valence-electron chi connectivity index (χ0n) is 9.38. The van der Waals surface area contributed by atoms with Crippen LogP contribution < -0.4 is 0 Å². The van der Waals surface area contributed by atoms with Gasteiger partial charge in [-0.05, 0) is 36.1 Å². The summed E-state index contributed by atoms with van der Waals surface area (Å²) >= 11 is 0. The second-order valence-corrected chi connectivity index (χ2v) is 11.7. The van der Waals surface area contributed by atoms with Gasteiger partial charge in [0.2, 0.25) is 0 Å². The maximum atomic E-state index is 2.52. The van der Waals surface area contributed by atoms with Crippen LogP contribution in [0.25, 0.3) is 0 Å².